The van der Waals surface area contributed by atoms with Crippen LogP contribution in [0.3, 0.4) is 0 Å². The Morgan fingerprint density at radius 3 is 2.43 bits per heavy atom. The minimum Gasteiger partial charge on any atom is -0.457 e. The van der Waals surface area contributed by atoms with Gasteiger partial charge in [0.15, 0.2) is 0 Å². The Morgan fingerprint density at radius 1 is 0.867 bits per heavy atom. The van der Waals surface area contributed by atoms with Gasteiger partial charge in [-0.15, -0.1) is 0 Å². The number of fused-ring (bicyclic) bond motifs is 1. The molecule has 4 nitrogen and oxygen atoms in total. The second-order valence-electron chi connectivity index (χ2n) is 6.51. The van der Waals surface area contributed by atoms with Gasteiger partial charge >= 0.3 is 6.18 Å². The molecule has 0 aliphatic heterocycles. The Bertz CT molecular complexity index is 1180. The number of anilines is 1. The maximum absolute atomic E-state index is 13.3. The van der Waals surface area contributed by atoms with Gasteiger partial charge in [-0.1, -0.05) is 18.2 Å². The summed E-state index contributed by atoms with van der Waals surface area (Å²) in [5.74, 6) is 0.726. The Hall–Kier alpha value is -3.68. The second-order valence-corrected chi connectivity index (χ2v) is 6.51. The molecule has 152 valence electrons. The normalized spacial score (nSPS) is 11.5. The highest BCUT2D eigenvalue weighted by atomic mass is 19.4. The van der Waals surface area contributed by atoms with Gasteiger partial charge in [-0.25, -0.2) is 14.4 Å². The first-order chi connectivity index (χ1) is 14.4. The van der Waals surface area contributed by atoms with Gasteiger partial charge in [-0.3, -0.25) is 0 Å². The Balaban J connectivity index is 1.44. The highest BCUT2D eigenvalue weighted by molar-refractivity contribution is 5.88. The van der Waals surface area contributed by atoms with E-state index in [-0.39, 0.29) is 11.6 Å². The van der Waals surface area contributed by atoms with Gasteiger partial charge < -0.3 is 10.1 Å². The molecule has 0 amide bonds. The van der Waals surface area contributed by atoms with Crippen molar-refractivity contribution in [1.29, 1.82) is 0 Å². The number of nitrogens with one attached hydrogen (secondary N) is 1. The fourth-order valence-corrected chi connectivity index (χ4v) is 2.90. The van der Waals surface area contributed by atoms with E-state index in [1.807, 2.05) is 0 Å². The number of ether oxygens (including phenoxy) is 1. The van der Waals surface area contributed by atoms with E-state index in [4.69, 9.17) is 4.74 Å². The van der Waals surface area contributed by atoms with E-state index >= 15 is 0 Å². The van der Waals surface area contributed by atoms with Crippen LogP contribution in [0.1, 0.15) is 11.1 Å². The monoisotopic (exact) mass is 413 g/mol. The largest absolute Gasteiger partial charge is 0.457 e. The van der Waals surface area contributed by atoms with Crippen molar-refractivity contribution in [2.75, 3.05) is 5.32 Å². The smallest absolute Gasteiger partial charge is 0.416 e. The average molecular weight is 413 g/mol. The van der Waals surface area contributed by atoms with E-state index in [1.165, 1.54) is 30.6 Å². The number of hydrogen-bond donors (Lipinski definition) is 1. The molecule has 0 spiro atoms. The molecule has 1 heterocycles. The third-order valence-corrected chi connectivity index (χ3v) is 4.38. The van der Waals surface area contributed by atoms with E-state index in [0.717, 1.165) is 17.7 Å². The first-order valence-electron chi connectivity index (χ1n) is 8.97. The van der Waals surface area contributed by atoms with Crippen molar-refractivity contribution in [1.82, 2.24) is 9.97 Å². The van der Waals surface area contributed by atoms with Crippen molar-refractivity contribution in [3.8, 4) is 11.5 Å². The van der Waals surface area contributed by atoms with Crippen molar-refractivity contribution >= 4 is 16.7 Å². The minimum atomic E-state index is -4.42. The molecule has 0 saturated carbocycles. The number of nitrogens with zero attached hydrogens (tertiary/aromatic N) is 2. The zero-order chi connectivity index (χ0) is 21.1. The predicted molar refractivity (Wildman–Crippen MR) is 105 cm³/mol. The van der Waals surface area contributed by atoms with E-state index in [2.05, 4.69) is 15.3 Å². The lowest BCUT2D eigenvalue weighted by atomic mass is 10.2. The third kappa shape index (κ3) is 4.48. The van der Waals surface area contributed by atoms with E-state index in [0.29, 0.717) is 29.0 Å². The number of hydrogen-bond acceptors (Lipinski definition) is 4. The topological polar surface area (TPSA) is 47.0 Å². The Kier molecular flexibility index (Phi) is 5.22. The van der Waals surface area contributed by atoms with E-state index < -0.39 is 11.7 Å². The van der Waals surface area contributed by atoms with Crippen molar-refractivity contribution in [3.63, 3.8) is 0 Å². The summed E-state index contributed by atoms with van der Waals surface area (Å²) in [7, 11) is 0. The summed E-state index contributed by atoms with van der Waals surface area (Å²) in [6.07, 6.45) is -3.07. The first-order valence-corrected chi connectivity index (χ1v) is 8.97. The number of halogens is 4. The van der Waals surface area contributed by atoms with Crippen molar-refractivity contribution in [3.05, 3.63) is 90.0 Å². The summed E-state index contributed by atoms with van der Waals surface area (Å²) in [5, 5.41) is 3.87. The van der Waals surface area contributed by atoms with Crippen LogP contribution in [-0.4, -0.2) is 9.97 Å². The lowest BCUT2D eigenvalue weighted by Gasteiger charge is -2.11. The molecule has 8 heteroatoms. The zero-order valence-electron chi connectivity index (χ0n) is 15.4. The fourth-order valence-electron chi connectivity index (χ4n) is 2.90. The highest BCUT2D eigenvalue weighted by Gasteiger charge is 2.30. The lowest BCUT2D eigenvalue weighted by molar-refractivity contribution is -0.137. The molecule has 0 atom stereocenters. The molecule has 3 aromatic carbocycles. The number of benzene rings is 3. The molecule has 1 N–H and O–H groups in total. The molecule has 0 unspecified atom stereocenters. The molecule has 4 aromatic rings. The minimum absolute atomic E-state index is 0.107. The average Bonchev–Trinajstić information content (AvgIpc) is 2.72. The number of alkyl halides is 3. The summed E-state index contributed by atoms with van der Waals surface area (Å²) in [4.78, 5) is 8.24. The summed E-state index contributed by atoms with van der Waals surface area (Å²) >= 11 is 0. The SMILES string of the molecule is Fc1ccc2c(NCc3ccc(Oc4cccc(C(F)(F)F)c4)cc3)ncnc2c1. The van der Waals surface area contributed by atoms with Crippen LogP contribution < -0.4 is 10.1 Å². The Morgan fingerprint density at radius 2 is 1.67 bits per heavy atom. The summed E-state index contributed by atoms with van der Waals surface area (Å²) in [6.45, 7) is 0.438. The van der Waals surface area contributed by atoms with Crippen molar-refractivity contribution < 1.29 is 22.3 Å². The molecule has 0 aliphatic rings. The molecule has 0 radical (unpaired) electrons. The summed E-state index contributed by atoms with van der Waals surface area (Å²) in [6, 6.07) is 15.9. The summed E-state index contributed by atoms with van der Waals surface area (Å²) < 4.78 is 57.3. The zero-order valence-corrected chi connectivity index (χ0v) is 15.4. The van der Waals surface area contributed by atoms with Crippen LogP contribution in [0.15, 0.2) is 73.1 Å². The standard InChI is InChI=1S/C22H15F4N3O/c23-16-6-9-19-20(11-16)28-13-29-21(19)27-12-14-4-7-17(8-5-14)30-18-3-1-2-15(10-18)22(24,25)26/h1-11,13H,12H2,(H,27,28,29). The molecule has 0 fully saturated rings. The number of aromatic nitrogens is 2. The van der Waals surface area contributed by atoms with Crippen LogP contribution in [0.25, 0.3) is 10.9 Å². The van der Waals surface area contributed by atoms with Crippen LogP contribution in [0, 0.1) is 5.82 Å². The molecular formula is C22H15F4N3O. The van der Waals surface area contributed by atoms with Gasteiger partial charge in [0.05, 0.1) is 11.1 Å². The van der Waals surface area contributed by atoms with Gasteiger partial charge in [-0.2, -0.15) is 13.2 Å². The van der Waals surface area contributed by atoms with Crippen LogP contribution >= 0.6 is 0 Å². The maximum atomic E-state index is 13.3. The van der Waals surface area contributed by atoms with Crippen LogP contribution in [-0.2, 0) is 12.7 Å². The summed E-state index contributed by atoms with van der Waals surface area (Å²) in [5.41, 5.74) is 0.635. The predicted octanol–water partition coefficient (Wildman–Crippen LogP) is 6.19. The van der Waals surface area contributed by atoms with Crippen LogP contribution in [0.2, 0.25) is 0 Å². The van der Waals surface area contributed by atoms with Crippen molar-refractivity contribution in [2.24, 2.45) is 0 Å². The van der Waals surface area contributed by atoms with Gasteiger partial charge in [-0.05, 0) is 48.0 Å². The van der Waals surface area contributed by atoms with Crippen molar-refractivity contribution in [2.45, 2.75) is 12.7 Å². The quantitative estimate of drug-likeness (QED) is 0.396. The van der Waals surface area contributed by atoms with Crippen LogP contribution in [0.4, 0.5) is 23.4 Å². The number of rotatable bonds is 5. The van der Waals surface area contributed by atoms with Gasteiger partial charge in [0.1, 0.15) is 29.5 Å². The molecule has 4 rings (SSSR count). The molecule has 0 bridgehead atoms. The van der Waals surface area contributed by atoms with Gasteiger partial charge in [0, 0.05) is 18.0 Å². The van der Waals surface area contributed by atoms with Crippen LogP contribution in [0.5, 0.6) is 11.5 Å². The Labute approximate surface area is 169 Å². The molecule has 30 heavy (non-hydrogen) atoms. The fraction of sp³-hybridized carbons (Fsp3) is 0.0909. The molecular weight excluding hydrogens is 398 g/mol. The van der Waals surface area contributed by atoms with Gasteiger partial charge in [0.25, 0.3) is 0 Å². The maximum Gasteiger partial charge on any atom is 0.416 e. The molecule has 1 aromatic heterocycles. The third-order valence-electron chi connectivity index (χ3n) is 4.38. The van der Waals surface area contributed by atoms with E-state index in [1.54, 1.807) is 30.3 Å². The highest BCUT2D eigenvalue weighted by Crippen LogP contribution is 2.32. The second kappa shape index (κ2) is 7.98. The first kappa shape index (κ1) is 19.6. The molecule has 0 saturated heterocycles. The molecule has 0 aliphatic carbocycles. The van der Waals surface area contributed by atoms with E-state index in [9.17, 15) is 17.6 Å². The van der Waals surface area contributed by atoms with Gasteiger partial charge in [0.2, 0.25) is 0 Å². The lowest BCUT2D eigenvalue weighted by Crippen LogP contribution is -2.04.